The first-order valence-corrected chi connectivity index (χ1v) is 10.7. The average Bonchev–Trinajstić information content (AvgIpc) is 2.97. The highest BCUT2D eigenvalue weighted by molar-refractivity contribution is 7.91. The Kier molecular flexibility index (Phi) is 6.38. The normalized spacial score (nSPS) is 13.3. The quantitative estimate of drug-likeness (QED) is 0.717. The third kappa shape index (κ3) is 5.05. The number of carbonyl (C=O) groups excluding carboxylic acids is 2. The molecule has 1 N–H and O–H groups in total. The summed E-state index contributed by atoms with van der Waals surface area (Å²) in [5.41, 5.74) is 0.363. The second-order valence-electron chi connectivity index (χ2n) is 6.24. The number of nitrogens with one attached hydrogen (secondary N) is 1. The van der Waals surface area contributed by atoms with Crippen LogP contribution >= 0.6 is 0 Å². The Morgan fingerprint density at radius 2 is 1.79 bits per heavy atom. The van der Waals surface area contributed by atoms with Gasteiger partial charge in [0.05, 0.1) is 29.4 Å². The van der Waals surface area contributed by atoms with Crippen molar-refractivity contribution in [2.24, 2.45) is 0 Å². The highest BCUT2D eigenvalue weighted by Gasteiger charge is 2.22. The van der Waals surface area contributed by atoms with Crippen LogP contribution in [-0.2, 0) is 19.4 Å². The van der Waals surface area contributed by atoms with Gasteiger partial charge in [-0.3, -0.25) is 4.79 Å². The maximum absolute atomic E-state index is 12.3. The molecule has 0 spiro atoms. The summed E-state index contributed by atoms with van der Waals surface area (Å²) < 4.78 is 40.4. The molecule has 8 nitrogen and oxygen atoms in total. The van der Waals surface area contributed by atoms with E-state index in [2.05, 4.69) is 5.32 Å². The third-order valence-electron chi connectivity index (χ3n) is 4.19. The number of hydrogen-bond acceptors (Lipinski definition) is 7. The molecule has 1 amide bonds. The van der Waals surface area contributed by atoms with E-state index in [1.54, 1.807) is 18.2 Å². The zero-order valence-electron chi connectivity index (χ0n) is 15.8. The van der Waals surface area contributed by atoms with Crippen LogP contribution in [0.5, 0.6) is 11.5 Å². The van der Waals surface area contributed by atoms with Crippen LogP contribution in [0.3, 0.4) is 0 Å². The van der Waals surface area contributed by atoms with E-state index in [9.17, 15) is 18.0 Å². The summed E-state index contributed by atoms with van der Waals surface area (Å²) in [6, 6.07) is 10.7. The number of ether oxygens (including phenoxy) is 3. The molecule has 154 valence electrons. The van der Waals surface area contributed by atoms with Crippen LogP contribution in [0.1, 0.15) is 23.7 Å². The lowest BCUT2D eigenvalue weighted by Crippen LogP contribution is -2.22. The molecule has 0 unspecified atom stereocenters. The number of fused-ring (bicyclic) bond motifs is 1. The Morgan fingerprint density at radius 1 is 1.07 bits per heavy atom. The van der Waals surface area contributed by atoms with E-state index in [0.717, 1.165) is 6.42 Å². The second kappa shape index (κ2) is 8.95. The fourth-order valence-electron chi connectivity index (χ4n) is 2.71. The van der Waals surface area contributed by atoms with E-state index < -0.39 is 28.3 Å². The number of sulfone groups is 1. The van der Waals surface area contributed by atoms with E-state index in [-0.39, 0.29) is 16.2 Å². The van der Waals surface area contributed by atoms with Gasteiger partial charge in [-0.25, -0.2) is 13.2 Å². The first-order valence-electron chi connectivity index (χ1n) is 9.09. The van der Waals surface area contributed by atoms with Crippen molar-refractivity contribution >= 4 is 27.4 Å². The lowest BCUT2D eigenvalue weighted by atomic mass is 10.2. The summed E-state index contributed by atoms with van der Waals surface area (Å²) in [5, 5.41) is 2.61. The molecule has 0 saturated carbocycles. The Balaban J connectivity index is 1.63. The third-order valence-corrected chi connectivity index (χ3v) is 5.97. The van der Waals surface area contributed by atoms with Gasteiger partial charge in [0.15, 0.2) is 27.9 Å². The molecule has 0 fully saturated rings. The number of benzene rings is 2. The summed E-state index contributed by atoms with van der Waals surface area (Å²) in [6.45, 7) is 2.00. The second-order valence-corrected chi connectivity index (χ2v) is 8.48. The molecule has 1 heterocycles. The smallest absolute Gasteiger partial charge is 0.339 e. The van der Waals surface area contributed by atoms with Crippen molar-refractivity contribution in [2.45, 2.75) is 18.2 Å². The zero-order valence-corrected chi connectivity index (χ0v) is 16.7. The minimum atomic E-state index is -3.60. The molecule has 2 aromatic carbocycles. The minimum absolute atomic E-state index is 0.0993. The molecule has 0 aliphatic carbocycles. The topological polar surface area (TPSA) is 108 Å². The van der Waals surface area contributed by atoms with Crippen LogP contribution in [0.2, 0.25) is 0 Å². The maximum atomic E-state index is 12.3. The lowest BCUT2D eigenvalue weighted by Gasteiger charge is -2.11. The van der Waals surface area contributed by atoms with Gasteiger partial charge in [-0.15, -0.1) is 0 Å². The number of anilines is 1. The molecule has 3 rings (SSSR count). The van der Waals surface area contributed by atoms with E-state index in [1.807, 2.05) is 0 Å². The van der Waals surface area contributed by atoms with Crippen molar-refractivity contribution in [3.63, 3.8) is 0 Å². The number of hydrogen-bond donors (Lipinski definition) is 1. The highest BCUT2D eigenvalue weighted by Crippen LogP contribution is 2.32. The molecule has 29 heavy (non-hydrogen) atoms. The lowest BCUT2D eigenvalue weighted by molar-refractivity contribution is -0.119. The van der Waals surface area contributed by atoms with E-state index >= 15 is 0 Å². The van der Waals surface area contributed by atoms with Crippen molar-refractivity contribution < 1.29 is 32.2 Å². The molecule has 0 bridgehead atoms. The Hall–Kier alpha value is -3.07. The van der Waals surface area contributed by atoms with Gasteiger partial charge in [0.25, 0.3) is 5.91 Å². The number of carbonyl (C=O) groups is 2. The standard InChI is InChI=1S/C20H21NO7S/c1-2-29(24,25)18-7-4-3-6-15(18)20(23)28-13-19(22)21-14-8-9-16-17(12-14)27-11-5-10-26-16/h3-4,6-9,12H,2,5,10-11,13H2,1H3,(H,21,22). The van der Waals surface area contributed by atoms with Crippen molar-refractivity contribution in [3.05, 3.63) is 48.0 Å². The van der Waals surface area contributed by atoms with Crippen molar-refractivity contribution in [1.29, 1.82) is 0 Å². The Labute approximate surface area is 168 Å². The molecule has 1 aliphatic rings. The van der Waals surface area contributed by atoms with Gasteiger partial charge < -0.3 is 19.5 Å². The van der Waals surface area contributed by atoms with E-state index in [4.69, 9.17) is 14.2 Å². The van der Waals surface area contributed by atoms with Gasteiger partial charge in [0, 0.05) is 18.2 Å². The summed E-state index contributed by atoms with van der Waals surface area (Å²) in [7, 11) is -3.60. The van der Waals surface area contributed by atoms with E-state index in [0.29, 0.717) is 30.4 Å². The molecule has 0 saturated heterocycles. The van der Waals surface area contributed by atoms with Crippen molar-refractivity contribution in [1.82, 2.24) is 0 Å². The van der Waals surface area contributed by atoms with Crippen LogP contribution in [0.4, 0.5) is 5.69 Å². The minimum Gasteiger partial charge on any atom is -0.490 e. The van der Waals surface area contributed by atoms with Crippen LogP contribution in [0.15, 0.2) is 47.4 Å². The van der Waals surface area contributed by atoms with Gasteiger partial charge in [-0.05, 0) is 24.3 Å². The summed E-state index contributed by atoms with van der Waals surface area (Å²) in [4.78, 5) is 24.3. The summed E-state index contributed by atoms with van der Waals surface area (Å²) >= 11 is 0. The SMILES string of the molecule is CCS(=O)(=O)c1ccccc1C(=O)OCC(=O)Nc1ccc2c(c1)OCCCO2. The van der Waals surface area contributed by atoms with Crippen molar-refractivity contribution in [2.75, 3.05) is 30.9 Å². The molecule has 2 aromatic rings. The number of rotatable bonds is 6. The van der Waals surface area contributed by atoms with Crippen LogP contribution in [0.25, 0.3) is 0 Å². The van der Waals surface area contributed by atoms with Crippen LogP contribution < -0.4 is 14.8 Å². The van der Waals surface area contributed by atoms with Crippen molar-refractivity contribution in [3.8, 4) is 11.5 Å². The van der Waals surface area contributed by atoms with Gasteiger partial charge in [-0.2, -0.15) is 0 Å². The fraction of sp³-hybridized carbons (Fsp3) is 0.300. The predicted molar refractivity (Wildman–Crippen MR) is 105 cm³/mol. The van der Waals surface area contributed by atoms with Crippen LogP contribution in [-0.4, -0.2) is 45.9 Å². The summed E-state index contributed by atoms with van der Waals surface area (Å²) in [6.07, 6.45) is 0.765. The van der Waals surface area contributed by atoms with E-state index in [1.165, 1.54) is 31.2 Å². The predicted octanol–water partition coefficient (Wildman–Crippen LogP) is 2.44. The molecule has 0 radical (unpaired) electrons. The highest BCUT2D eigenvalue weighted by atomic mass is 32.2. The molecule has 9 heteroatoms. The zero-order chi connectivity index (χ0) is 20.9. The first-order chi connectivity index (χ1) is 13.9. The molecule has 0 aromatic heterocycles. The van der Waals surface area contributed by atoms with Gasteiger partial charge in [0.1, 0.15) is 0 Å². The monoisotopic (exact) mass is 419 g/mol. The largest absolute Gasteiger partial charge is 0.490 e. The fourth-order valence-corrected chi connectivity index (χ4v) is 3.79. The average molecular weight is 419 g/mol. The Morgan fingerprint density at radius 3 is 2.55 bits per heavy atom. The summed E-state index contributed by atoms with van der Waals surface area (Å²) in [5.74, 6) is -0.478. The number of esters is 1. The number of amides is 1. The van der Waals surface area contributed by atoms with Gasteiger partial charge in [-0.1, -0.05) is 19.1 Å². The first kappa shape index (κ1) is 20.7. The maximum Gasteiger partial charge on any atom is 0.339 e. The molecular weight excluding hydrogens is 398 g/mol. The van der Waals surface area contributed by atoms with Gasteiger partial charge >= 0.3 is 5.97 Å². The Bertz CT molecular complexity index is 1020. The van der Waals surface area contributed by atoms with Gasteiger partial charge in [0.2, 0.25) is 0 Å². The molecule has 1 aliphatic heterocycles. The van der Waals surface area contributed by atoms with Crippen LogP contribution in [0, 0.1) is 0 Å². The molecular formula is C20H21NO7S. The molecule has 0 atom stereocenters.